The maximum Gasteiger partial charge on any atom is 0.337 e. The van der Waals surface area contributed by atoms with Gasteiger partial charge in [-0.25, -0.2) is 4.79 Å². The molecule has 1 saturated carbocycles. The number of aliphatic hydroxyl groups is 1. The lowest BCUT2D eigenvalue weighted by Gasteiger charge is -2.25. The van der Waals surface area contributed by atoms with Crippen LogP contribution in [0.25, 0.3) is 0 Å². The minimum absolute atomic E-state index is 0.0138. The Labute approximate surface area is 99.5 Å². The highest BCUT2D eigenvalue weighted by Gasteiger charge is 2.31. The second-order valence-corrected chi connectivity index (χ2v) is 4.23. The van der Waals surface area contributed by atoms with Crippen LogP contribution in [0.1, 0.15) is 23.2 Å². The van der Waals surface area contributed by atoms with E-state index in [0.29, 0.717) is 24.0 Å². The summed E-state index contributed by atoms with van der Waals surface area (Å²) in [6.45, 7) is 0.467. The molecule has 0 unspecified atom stereocenters. The molecule has 0 atom stereocenters. The molecule has 0 saturated heterocycles. The van der Waals surface area contributed by atoms with E-state index < -0.39 is 5.97 Å². The summed E-state index contributed by atoms with van der Waals surface area (Å²) < 4.78 is 0. The van der Waals surface area contributed by atoms with Gasteiger partial charge in [-0.2, -0.15) is 0 Å². The largest absolute Gasteiger partial charge is 0.478 e. The molecule has 92 valence electrons. The predicted octanol–water partition coefficient (Wildman–Crippen LogP) is 0.928. The van der Waals surface area contributed by atoms with Crippen molar-refractivity contribution in [2.75, 3.05) is 23.8 Å². The zero-order valence-electron chi connectivity index (χ0n) is 9.47. The van der Waals surface area contributed by atoms with E-state index in [1.807, 2.05) is 4.90 Å². The number of nitrogens with zero attached hydrogens (tertiary/aromatic N) is 1. The van der Waals surface area contributed by atoms with Crippen LogP contribution in [0.5, 0.6) is 0 Å². The Morgan fingerprint density at radius 2 is 2.18 bits per heavy atom. The number of carbonyl (C=O) groups is 1. The number of anilines is 2. The molecule has 1 aromatic carbocycles. The van der Waals surface area contributed by atoms with Crippen molar-refractivity contribution >= 4 is 17.3 Å². The molecule has 1 fully saturated rings. The number of hydrogen-bond donors (Lipinski definition) is 3. The lowest BCUT2D eigenvalue weighted by Crippen LogP contribution is -2.30. The molecule has 0 bridgehead atoms. The number of nitrogens with two attached hydrogens (primary N) is 1. The standard InChI is InChI=1S/C12H16N2O3/c13-8-1-4-11(10(7-8)12(16)17)14(5-6-15)9-2-3-9/h1,4,7,9,15H,2-3,5-6,13H2,(H,16,17). The molecule has 1 aliphatic rings. The zero-order valence-corrected chi connectivity index (χ0v) is 9.47. The number of nitrogen functional groups attached to an aromatic ring is 1. The number of carboxylic acid groups (broad SMARTS) is 1. The number of rotatable bonds is 5. The van der Waals surface area contributed by atoms with Crippen LogP contribution >= 0.6 is 0 Å². The Bertz CT molecular complexity index is 430. The summed E-state index contributed by atoms with van der Waals surface area (Å²) in [5, 5.41) is 18.2. The number of aliphatic hydroxyl groups excluding tert-OH is 1. The summed E-state index contributed by atoms with van der Waals surface area (Å²) in [7, 11) is 0. The average molecular weight is 236 g/mol. The number of aromatic carboxylic acids is 1. The highest BCUT2D eigenvalue weighted by molar-refractivity contribution is 5.95. The first-order valence-electron chi connectivity index (χ1n) is 5.64. The SMILES string of the molecule is Nc1ccc(N(CCO)C2CC2)c(C(=O)O)c1. The summed E-state index contributed by atoms with van der Waals surface area (Å²) in [5.74, 6) is -0.990. The van der Waals surface area contributed by atoms with E-state index in [1.165, 1.54) is 6.07 Å². The molecule has 0 spiro atoms. The van der Waals surface area contributed by atoms with E-state index in [-0.39, 0.29) is 12.2 Å². The van der Waals surface area contributed by atoms with Gasteiger partial charge in [0.15, 0.2) is 0 Å². The molecule has 0 radical (unpaired) electrons. The summed E-state index contributed by atoms with van der Waals surface area (Å²) in [6.07, 6.45) is 2.09. The second kappa shape index (κ2) is 4.63. The lowest BCUT2D eigenvalue weighted by atomic mass is 10.1. The third kappa shape index (κ3) is 2.50. The molecule has 0 aliphatic heterocycles. The van der Waals surface area contributed by atoms with Gasteiger partial charge >= 0.3 is 5.97 Å². The van der Waals surface area contributed by atoms with E-state index >= 15 is 0 Å². The Morgan fingerprint density at radius 1 is 1.47 bits per heavy atom. The fraction of sp³-hybridized carbons (Fsp3) is 0.417. The summed E-state index contributed by atoms with van der Waals surface area (Å²) in [4.78, 5) is 13.1. The molecule has 1 aromatic rings. The molecule has 5 nitrogen and oxygen atoms in total. The average Bonchev–Trinajstić information content (AvgIpc) is 3.10. The van der Waals surface area contributed by atoms with Gasteiger partial charge in [0.05, 0.1) is 17.9 Å². The zero-order chi connectivity index (χ0) is 12.4. The Hall–Kier alpha value is -1.75. The highest BCUT2D eigenvalue weighted by atomic mass is 16.4. The third-order valence-electron chi connectivity index (χ3n) is 2.89. The Balaban J connectivity index is 2.37. The monoisotopic (exact) mass is 236 g/mol. The first-order chi connectivity index (χ1) is 8.13. The van der Waals surface area contributed by atoms with Crippen molar-refractivity contribution in [2.45, 2.75) is 18.9 Å². The van der Waals surface area contributed by atoms with Crippen LogP contribution in [0.15, 0.2) is 18.2 Å². The molecule has 1 aliphatic carbocycles. The predicted molar refractivity (Wildman–Crippen MR) is 65.3 cm³/mol. The van der Waals surface area contributed by atoms with Crippen molar-refractivity contribution in [3.05, 3.63) is 23.8 Å². The van der Waals surface area contributed by atoms with Crippen molar-refractivity contribution in [3.63, 3.8) is 0 Å². The van der Waals surface area contributed by atoms with Gasteiger partial charge in [-0.05, 0) is 31.0 Å². The maximum atomic E-state index is 11.2. The van der Waals surface area contributed by atoms with Gasteiger partial charge in [-0.1, -0.05) is 0 Å². The highest BCUT2D eigenvalue weighted by Crippen LogP contribution is 2.34. The molecule has 0 aromatic heterocycles. The van der Waals surface area contributed by atoms with Crippen LogP contribution in [0, 0.1) is 0 Å². The maximum absolute atomic E-state index is 11.2. The van der Waals surface area contributed by atoms with Crippen molar-refractivity contribution in [2.24, 2.45) is 0 Å². The molecule has 5 heteroatoms. The normalized spacial score (nSPS) is 14.6. The molecular formula is C12H16N2O3. The third-order valence-corrected chi connectivity index (χ3v) is 2.89. The van der Waals surface area contributed by atoms with Gasteiger partial charge in [-0.15, -0.1) is 0 Å². The van der Waals surface area contributed by atoms with Crippen LogP contribution in [0.2, 0.25) is 0 Å². The molecule has 2 rings (SSSR count). The second-order valence-electron chi connectivity index (χ2n) is 4.23. The summed E-state index contributed by atoms with van der Waals surface area (Å²) >= 11 is 0. The van der Waals surface area contributed by atoms with Crippen molar-refractivity contribution in [3.8, 4) is 0 Å². The Morgan fingerprint density at radius 3 is 2.71 bits per heavy atom. The molecule has 4 N–H and O–H groups in total. The van der Waals surface area contributed by atoms with E-state index in [0.717, 1.165) is 12.8 Å². The molecular weight excluding hydrogens is 220 g/mol. The lowest BCUT2D eigenvalue weighted by molar-refractivity contribution is 0.0697. The van der Waals surface area contributed by atoms with Crippen molar-refractivity contribution < 1.29 is 15.0 Å². The fourth-order valence-electron chi connectivity index (χ4n) is 1.97. The number of benzene rings is 1. The number of carboxylic acids is 1. The van der Waals surface area contributed by atoms with Crippen LogP contribution < -0.4 is 10.6 Å². The molecule has 0 heterocycles. The van der Waals surface area contributed by atoms with Crippen LogP contribution in [-0.2, 0) is 0 Å². The molecule has 0 amide bonds. The minimum Gasteiger partial charge on any atom is -0.478 e. The van der Waals surface area contributed by atoms with Crippen LogP contribution in [-0.4, -0.2) is 35.4 Å². The van der Waals surface area contributed by atoms with E-state index in [4.69, 9.17) is 15.9 Å². The summed E-state index contributed by atoms with van der Waals surface area (Å²) in [6, 6.07) is 5.22. The van der Waals surface area contributed by atoms with Gasteiger partial charge in [0, 0.05) is 18.3 Å². The van der Waals surface area contributed by atoms with Gasteiger partial charge in [0.2, 0.25) is 0 Å². The minimum atomic E-state index is -0.990. The van der Waals surface area contributed by atoms with E-state index in [1.54, 1.807) is 12.1 Å². The fourth-order valence-corrected chi connectivity index (χ4v) is 1.97. The van der Waals surface area contributed by atoms with Crippen LogP contribution in [0.4, 0.5) is 11.4 Å². The quantitative estimate of drug-likeness (QED) is 0.662. The van der Waals surface area contributed by atoms with Crippen LogP contribution in [0.3, 0.4) is 0 Å². The van der Waals surface area contributed by atoms with Crippen molar-refractivity contribution in [1.29, 1.82) is 0 Å². The van der Waals surface area contributed by atoms with Crippen molar-refractivity contribution in [1.82, 2.24) is 0 Å². The first kappa shape index (κ1) is 11.7. The smallest absolute Gasteiger partial charge is 0.337 e. The Kier molecular flexibility index (Phi) is 3.19. The van der Waals surface area contributed by atoms with Gasteiger partial charge < -0.3 is 20.8 Å². The molecule has 17 heavy (non-hydrogen) atoms. The van der Waals surface area contributed by atoms with Gasteiger partial charge in [0.25, 0.3) is 0 Å². The summed E-state index contributed by atoms with van der Waals surface area (Å²) in [5.41, 5.74) is 6.88. The first-order valence-corrected chi connectivity index (χ1v) is 5.64. The topological polar surface area (TPSA) is 86.8 Å². The van der Waals surface area contributed by atoms with Gasteiger partial charge in [-0.3, -0.25) is 0 Å². The van der Waals surface area contributed by atoms with E-state index in [2.05, 4.69) is 0 Å². The number of hydrogen-bond acceptors (Lipinski definition) is 4. The van der Waals surface area contributed by atoms with E-state index in [9.17, 15) is 4.79 Å². The van der Waals surface area contributed by atoms with Gasteiger partial charge in [0.1, 0.15) is 0 Å².